The molecule has 100 heavy (non-hydrogen) atoms. The van der Waals surface area contributed by atoms with Gasteiger partial charge >= 0.3 is 0 Å². The number of primary amides is 2. The molecule has 6 atom stereocenters. The minimum atomic E-state index is -1.12. The van der Waals surface area contributed by atoms with Gasteiger partial charge in [0.25, 0.3) is 0 Å². The van der Waals surface area contributed by atoms with Crippen molar-refractivity contribution < 1.29 is 67.4 Å². The lowest BCUT2D eigenvalue weighted by atomic mass is 9.92. The smallest absolute Gasteiger partial charge is 0.247 e. The first-order valence-electron chi connectivity index (χ1n) is 32.0. The van der Waals surface area contributed by atoms with Gasteiger partial charge in [0.15, 0.2) is 23.1 Å². The molecule has 6 amide bonds. The molecular formula is C76H72BrF2N9O12. The lowest BCUT2D eigenvalue weighted by Gasteiger charge is -2.21. The molecule has 21 nitrogen and oxygen atoms in total. The second-order valence-electron chi connectivity index (χ2n) is 25.7. The van der Waals surface area contributed by atoms with E-state index in [1.165, 1.54) is 23.1 Å². The van der Waals surface area contributed by atoms with Gasteiger partial charge in [-0.15, -0.1) is 0 Å². The number of ether oxygens (including phenoxy) is 3. The van der Waals surface area contributed by atoms with E-state index in [-0.39, 0.29) is 56.3 Å². The first-order chi connectivity index (χ1) is 48.0. The van der Waals surface area contributed by atoms with Crippen LogP contribution in [0.2, 0.25) is 0 Å². The number of carbonyl (C=O) groups is 6. The number of benzene rings is 7. The quantitative estimate of drug-likeness (QED) is 0.0231. The van der Waals surface area contributed by atoms with Crippen LogP contribution >= 0.6 is 15.9 Å². The Morgan fingerprint density at radius 2 is 0.850 bits per heavy atom. The highest BCUT2D eigenvalue weighted by Gasteiger charge is 2.65. The highest BCUT2D eigenvalue weighted by molar-refractivity contribution is 9.10. The predicted molar refractivity (Wildman–Crippen MR) is 370 cm³/mol. The van der Waals surface area contributed by atoms with Crippen molar-refractivity contribution in [3.63, 3.8) is 0 Å². The fourth-order valence-electron chi connectivity index (χ4n) is 13.3. The molecule has 0 saturated heterocycles. The molecule has 3 fully saturated rings. The monoisotopic (exact) mass is 1420 g/mol. The number of halogens is 3. The van der Waals surface area contributed by atoms with Crippen molar-refractivity contribution >= 4 is 84.1 Å². The second-order valence-corrected chi connectivity index (χ2v) is 26.6. The summed E-state index contributed by atoms with van der Waals surface area (Å²) in [5.74, 6) is -5.60. The van der Waals surface area contributed by atoms with Crippen LogP contribution in [0.4, 0.5) is 8.78 Å². The summed E-state index contributed by atoms with van der Waals surface area (Å²) >= 11 is 3.53. The van der Waals surface area contributed by atoms with Crippen LogP contribution in [-0.2, 0) is 67.9 Å². The molecule has 0 radical (unpaired) electrons. The molecule has 514 valence electrons. The fourth-order valence-corrected chi connectivity index (χ4v) is 13.8. The first kappa shape index (κ1) is 70.5. The van der Waals surface area contributed by atoms with Gasteiger partial charge in [0, 0.05) is 63.9 Å². The summed E-state index contributed by atoms with van der Waals surface area (Å²) in [6, 6.07) is 53.6. The predicted octanol–water partition coefficient (Wildman–Crippen LogP) is 11.0. The van der Waals surface area contributed by atoms with Gasteiger partial charge in [0.1, 0.15) is 25.6 Å². The van der Waals surface area contributed by atoms with Crippen LogP contribution in [0.3, 0.4) is 0 Å². The molecule has 0 spiro atoms. The van der Waals surface area contributed by atoms with E-state index in [1.807, 2.05) is 153 Å². The number of para-hydroxylation sites is 3. The van der Waals surface area contributed by atoms with E-state index < -0.39 is 75.2 Å². The number of nitrogens with zero attached hydrogens (tertiary/aromatic N) is 4. The zero-order valence-electron chi connectivity index (χ0n) is 54.9. The number of carbonyl (C=O) groups excluding carboxylic acids is 6. The molecule has 24 heteroatoms. The fraction of sp³-hybridized carbons (Fsp3) is 0.250. The summed E-state index contributed by atoms with van der Waals surface area (Å²) in [5.41, 5.74) is 23.6. The molecule has 10 aromatic rings. The Balaban J connectivity index is 0.000000152. The third-order valence-corrected chi connectivity index (χ3v) is 19.4. The van der Waals surface area contributed by atoms with Crippen molar-refractivity contribution in [3.05, 3.63) is 237 Å². The summed E-state index contributed by atoms with van der Waals surface area (Å²) in [5, 5.41) is 29.6. The molecule has 3 aromatic heterocycles. The van der Waals surface area contributed by atoms with E-state index in [9.17, 15) is 33.2 Å². The van der Waals surface area contributed by atoms with Gasteiger partial charge in [-0.05, 0) is 158 Å². The molecule has 3 heterocycles. The van der Waals surface area contributed by atoms with Gasteiger partial charge in [-0.2, -0.15) is 0 Å². The maximum atomic E-state index is 15.1. The zero-order chi connectivity index (χ0) is 71.2. The summed E-state index contributed by atoms with van der Waals surface area (Å²) in [6.45, 7) is 4.54. The van der Waals surface area contributed by atoms with Crippen LogP contribution < -0.4 is 42.1 Å². The lowest BCUT2D eigenvalue weighted by Crippen LogP contribution is -2.36. The summed E-state index contributed by atoms with van der Waals surface area (Å²) in [4.78, 5) is 87.4. The Morgan fingerprint density at radius 1 is 0.490 bits per heavy atom. The number of nitrogens with two attached hydrogens (primary N) is 2. The topological polar surface area (TPSA) is 321 Å². The van der Waals surface area contributed by atoms with Crippen molar-refractivity contribution in [1.82, 2.24) is 36.3 Å². The Hall–Kier alpha value is -10.8. The standard InChI is InChI=1S/C30H28FN3O4.C23H22BrN3O4.C23H22FN3O4/c1-34(2)29(36)30(17-23(30)28(35)33-37)16-19-12-13-27(24(31)14-19)38-18-21-15-26(20-8-4-3-5-9-20)32-25-11-7-6-10-22(21)25;2*1-13-8-15(16-4-2-3-5-19(16)26-13)12-31-20-7-6-14(9-18(20)24)10-23(22(25)29)11-17(23)21(28)27-30/h3-15,23,37H,16-18H2,1-2H3,(H,33,35);2*2-9,17,30H,10-12H2,1H3,(H2,25,29)(H,27,28)/t23-,30+;2*17-,23+/m111/s1. The number of pyridine rings is 3. The maximum absolute atomic E-state index is 15.1. The van der Waals surface area contributed by atoms with Gasteiger partial charge in [-0.3, -0.25) is 54.4 Å². The molecule has 0 aliphatic heterocycles. The molecule has 10 N–H and O–H groups in total. The van der Waals surface area contributed by atoms with Gasteiger partial charge in [-0.1, -0.05) is 103 Å². The van der Waals surface area contributed by atoms with Crippen molar-refractivity contribution in [3.8, 4) is 28.5 Å². The van der Waals surface area contributed by atoms with E-state index in [0.717, 1.165) is 82.1 Å². The van der Waals surface area contributed by atoms with Gasteiger partial charge in [-0.25, -0.2) is 30.2 Å². The van der Waals surface area contributed by atoms with Crippen molar-refractivity contribution in [2.45, 2.75) is 72.2 Å². The maximum Gasteiger partial charge on any atom is 0.247 e. The van der Waals surface area contributed by atoms with Crippen molar-refractivity contribution in [1.29, 1.82) is 0 Å². The number of hydroxylamine groups is 3. The molecule has 3 saturated carbocycles. The lowest BCUT2D eigenvalue weighted by molar-refractivity contribution is -0.139. The SMILES string of the molecule is CN(C)C(=O)[C@@]1(Cc2ccc(OCc3cc(-c4ccccc4)nc4ccccc34)c(F)c2)C[C@@H]1C(=O)NO.Cc1cc(COc2ccc(C[C@]3(C(N)=O)C[C@@H]3C(=O)NO)cc2Br)c2ccccc2n1.Cc1cc(COc2ccc(C[C@]3(C(N)=O)C[C@@H]3C(=O)NO)cc2F)c2ccccc2n1. The van der Waals surface area contributed by atoms with E-state index in [4.69, 9.17) is 46.3 Å². The highest BCUT2D eigenvalue weighted by Crippen LogP contribution is 2.57. The number of hydrogen-bond donors (Lipinski definition) is 8. The molecule has 3 aliphatic rings. The number of nitrogens with one attached hydrogen (secondary N) is 3. The summed E-state index contributed by atoms with van der Waals surface area (Å²) < 4.78 is 48.2. The normalized spacial score (nSPS) is 19.2. The largest absolute Gasteiger partial charge is 0.488 e. The van der Waals surface area contributed by atoms with E-state index in [1.54, 1.807) is 48.7 Å². The van der Waals surface area contributed by atoms with Gasteiger partial charge < -0.3 is 30.6 Å². The van der Waals surface area contributed by atoms with Crippen LogP contribution in [0, 0.1) is 59.5 Å². The van der Waals surface area contributed by atoms with Crippen molar-refractivity contribution in [2.24, 2.45) is 45.5 Å². The number of hydrogen-bond acceptors (Lipinski definition) is 15. The first-order valence-corrected chi connectivity index (χ1v) is 32.8. The third kappa shape index (κ3) is 15.2. The molecule has 13 rings (SSSR count). The summed E-state index contributed by atoms with van der Waals surface area (Å²) in [7, 11) is 3.22. The Kier molecular flexibility index (Phi) is 21.0. The minimum absolute atomic E-state index is 0.0795. The van der Waals surface area contributed by atoms with E-state index in [0.29, 0.717) is 36.3 Å². The van der Waals surface area contributed by atoms with Gasteiger partial charge in [0.05, 0.1) is 60.7 Å². The molecule has 0 unspecified atom stereocenters. The summed E-state index contributed by atoms with van der Waals surface area (Å²) in [6.07, 6.45) is 1.41. The van der Waals surface area contributed by atoms with Crippen LogP contribution in [-0.4, -0.2) is 85.0 Å². The number of fused-ring (bicyclic) bond motifs is 3. The number of amides is 6. The highest BCUT2D eigenvalue weighted by atomic mass is 79.9. The zero-order valence-corrected chi connectivity index (χ0v) is 56.5. The number of aromatic nitrogens is 3. The second kappa shape index (κ2) is 29.7. The minimum Gasteiger partial charge on any atom is -0.488 e. The van der Waals surface area contributed by atoms with E-state index >= 15 is 4.39 Å². The van der Waals surface area contributed by atoms with Crippen LogP contribution in [0.15, 0.2) is 180 Å². The van der Waals surface area contributed by atoms with Crippen LogP contribution in [0.25, 0.3) is 44.0 Å². The van der Waals surface area contributed by atoms with Crippen LogP contribution in [0.1, 0.15) is 64.0 Å². The van der Waals surface area contributed by atoms with Crippen molar-refractivity contribution in [2.75, 3.05) is 14.1 Å². The average Bonchev–Trinajstić information content (AvgIpc) is 1.59. The molecule has 3 aliphatic carbocycles. The third-order valence-electron chi connectivity index (χ3n) is 18.7. The Labute approximate surface area is 581 Å². The van der Waals surface area contributed by atoms with E-state index in [2.05, 4.69) is 25.9 Å². The van der Waals surface area contributed by atoms with Gasteiger partial charge in [0.2, 0.25) is 35.4 Å². The Bertz CT molecular complexity index is 4630. The molecular weight excluding hydrogens is 1350 g/mol. The number of aryl methyl sites for hydroxylation is 2. The number of rotatable bonds is 22. The molecule has 0 bridgehead atoms. The average molecular weight is 1420 g/mol. The van der Waals surface area contributed by atoms with Crippen LogP contribution in [0.5, 0.6) is 17.2 Å². The Morgan fingerprint density at radius 3 is 1.26 bits per heavy atom. The molecule has 7 aromatic carbocycles.